The van der Waals surface area contributed by atoms with E-state index in [4.69, 9.17) is 5.11 Å². The summed E-state index contributed by atoms with van der Waals surface area (Å²) in [6.07, 6.45) is -4.39. The number of hydrogen-bond donors (Lipinski definition) is 1. The van der Waals surface area contributed by atoms with Crippen LogP contribution in [0.2, 0.25) is 0 Å². The fourth-order valence-corrected chi connectivity index (χ4v) is 3.47. The summed E-state index contributed by atoms with van der Waals surface area (Å²) in [6.45, 7) is -1.16. The Kier molecular flexibility index (Phi) is 5.14. The Morgan fingerprint density at radius 3 is 2.07 bits per heavy atom. The highest BCUT2D eigenvalue weighted by atomic mass is 19.4. The summed E-state index contributed by atoms with van der Waals surface area (Å²) in [5.41, 5.74) is 0.702. The van der Waals surface area contributed by atoms with Crippen LogP contribution in [0.4, 0.5) is 13.2 Å². The lowest BCUT2D eigenvalue weighted by Crippen LogP contribution is -2.34. The summed E-state index contributed by atoms with van der Waals surface area (Å²) in [5, 5.41) is 9.03. The van der Waals surface area contributed by atoms with E-state index in [9.17, 15) is 32.3 Å². The number of amides is 3. The van der Waals surface area contributed by atoms with E-state index in [1.807, 2.05) is 0 Å². The Morgan fingerprint density at radius 2 is 1.61 bits per heavy atom. The number of rotatable bonds is 4. The van der Waals surface area contributed by atoms with Gasteiger partial charge < -0.3 is 10.0 Å². The first-order valence-electron chi connectivity index (χ1n) is 8.59. The summed E-state index contributed by atoms with van der Waals surface area (Å²) in [5.74, 6) is -6.65. The van der Waals surface area contributed by atoms with Crippen molar-refractivity contribution in [3.05, 3.63) is 35.4 Å². The van der Waals surface area contributed by atoms with Crippen molar-refractivity contribution in [1.29, 1.82) is 0 Å². The molecule has 2 aliphatic heterocycles. The predicted octanol–water partition coefficient (Wildman–Crippen LogP) is 1.67. The van der Waals surface area contributed by atoms with Crippen LogP contribution in [-0.4, -0.2) is 57.9 Å². The summed E-state index contributed by atoms with van der Waals surface area (Å²) in [6, 6.07) is 5.80. The fraction of sp³-hybridized carbons (Fsp3) is 0.444. The lowest BCUT2D eigenvalue weighted by atomic mass is 9.96. The van der Waals surface area contributed by atoms with Gasteiger partial charge in [0.15, 0.2) is 0 Å². The monoisotopic (exact) mass is 398 g/mol. The zero-order valence-electron chi connectivity index (χ0n) is 14.6. The normalized spacial score (nSPS) is 22.8. The molecule has 2 aliphatic rings. The van der Waals surface area contributed by atoms with E-state index in [2.05, 4.69) is 0 Å². The first kappa shape index (κ1) is 19.8. The van der Waals surface area contributed by atoms with Gasteiger partial charge in [-0.25, -0.2) is 0 Å². The third-order valence-electron chi connectivity index (χ3n) is 5.04. The van der Waals surface area contributed by atoms with E-state index in [0.29, 0.717) is 5.56 Å². The van der Waals surface area contributed by atoms with Crippen LogP contribution in [0.3, 0.4) is 0 Å². The molecule has 150 valence electrons. The second-order valence-electron chi connectivity index (χ2n) is 6.87. The summed E-state index contributed by atoms with van der Waals surface area (Å²) in [7, 11) is 0. The zero-order valence-corrected chi connectivity index (χ0v) is 14.6. The van der Waals surface area contributed by atoms with Gasteiger partial charge in [-0.15, -0.1) is 0 Å². The number of nitrogens with zero attached hydrogens (tertiary/aromatic N) is 2. The molecular formula is C18H17F3N2O5. The van der Waals surface area contributed by atoms with Crippen molar-refractivity contribution in [2.24, 2.45) is 11.8 Å². The minimum absolute atomic E-state index is 0.0626. The minimum atomic E-state index is -4.71. The molecule has 0 radical (unpaired) electrons. The lowest BCUT2D eigenvalue weighted by molar-refractivity contribution is -0.187. The maximum absolute atomic E-state index is 13.1. The van der Waals surface area contributed by atoms with Gasteiger partial charge in [-0.1, -0.05) is 12.1 Å². The summed E-state index contributed by atoms with van der Waals surface area (Å²) in [4.78, 5) is 48.9. The Balaban J connectivity index is 1.70. The molecule has 0 bridgehead atoms. The molecule has 2 fully saturated rings. The number of carbonyl (C=O) groups is 4. The molecule has 0 aliphatic carbocycles. The number of benzene rings is 1. The molecule has 3 amide bonds. The zero-order chi connectivity index (χ0) is 20.6. The van der Waals surface area contributed by atoms with Crippen molar-refractivity contribution in [3.63, 3.8) is 0 Å². The largest absolute Gasteiger partial charge is 0.481 e. The average molecular weight is 398 g/mol. The van der Waals surface area contributed by atoms with E-state index in [-0.39, 0.29) is 36.8 Å². The molecule has 0 aromatic heterocycles. The Bertz CT molecular complexity index is 806. The number of hydrogen-bond acceptors (Lipinski definition) is 4. The fourth-order valence-electron chi connectivity index (χ4n) is 3.47. The number of aliphatic carboxylic acids is 1. The number of carboxylic acids is 1. The molecule has 28 heavy (non-hydrogen) atoms. The molecule has 2 saturated heterocycles. The van der Waals surface area contributed by atoms with E-state index in [1.165, 1.54) is 24.3 Å². The third-order valence-corrected chi connectivity index (χ3v) is 5.04. The maximum Gasteiger partial charge on any atom is 0.394 e. The van der Waals surface area contributed by atoms with Crippen LogP contribution in [-0.2, 0) is 20.9 Å². The molecule has 7 nitrogen and oxygen atoms in total. The molecule has 0 unspecified atom stereocenters. The minimum Gasteiger partial charge on any atom is -0.481 e. The van der Waals surface area contributed by atoms with E-state index in [0.717, 1.165) is 9.80 Å². The molecule has 10 heteroatoms. The molecule has 2 heterocycles. The molecule has 1 N–H and O–H groups in total. The molecule has 0 spiro atoms. The van der Waals surface area contributed by atoms with Crippen molar-refractivity contribution < 1.29 is 37.5 Å². The predicted molar refractivity (Wildman–Crippen MR) is 87.8 cm³/mol. The van der Waals surface area contributed by atoms with Crippen molar-refractivity contribution >= 4 is 23.7 Å². The molecule has 2 atom stereocenters. The van der Waals surface area contributed by atoms with Gasteiger partial charge in [-0.05, 0) is 17.7 Å². The lowest BCUT2D eigenvalue weighted by Gasteiger charge is -2.18. The summed E-state index contributed by atoms with van der Waals surface area (Å²) < 4.78 is 39.2. The van der Waals surface area contributed by atoms with Crippen LogP contribution in [0.1, 0.15) is 28.8 Å². The topological polar surface area (TPSA) is 95.0 Å². The van der Waals surface area contributed by atoms with Gasteiger partial charge in [-0.2, -0.15) is 13.2 Å². The highest BCUT2D eigenvalue weighted by Gasteiger charge is 2.53. The quantitative estimate of drug-likeness (QED) is 0.779. The van der Waals surface area contributed by atoms with Crippen LogP contribution in [0, 0.1) is 11.8 Å². The van der Waals surface area contributed by atoms with Crippen molar-refractivity contribution in [2.45, 2.75) is 25.6 Å². The number of alkyl halides is 3. The van der Waals surface area contributed by atoms with Gasteiger partial charge in [0.1, 0.15) is 0 Å². The highest BCUT2D eigenvalue weighted by molar-refractivity contribution is 6.01. The van der Waals surface area contributed by atoms with Gasteiger partial charge in [0, 0.05) is 31.5 Å². The number of carbonyl (C=O) groups excluding carboxylic acids is 3. The van der Waals surface area contributed by atoms with Crippen molar-refractivity contribution in [2.75, 3.05) is 13.1 Å². The molecular weight excluding hydrogens is 381 g/mol. The van der Waals surface area contributed by atoms with Gasteiger partial charge in [-0.3, -0.25) is 24.1 Å². The Morgan fingerprint density at radius 1 is 1.04 bits per heavy atom. The van der Waals surface area contributed by atoms with E-state index < -0.39 is 43.0 Å². The first-order valence-corrected chi connectivity index (χ1v) is 8.59. The van der Waals surface area contributed by atoms with Crippen LogP contribution < -0.4 is 0 Å². The number of likely N-dealkylation sites (tertiary alicyclic amines) is 2. The maximum atomic E-state index is 13.1. The van der Waals surface area contributed by atoms with Crippen LogP contribution in [0.15, 0.2) is 24.3 Å². The third kappa shape index (κ3) is 3.85. The molecule has 0 saturated carbocycles. The second kappa shape index (κ2) is 7.25. The van der Waals surface area contributed by atoms with E-state index in [1.54, 1.807) is 0 Å². The Labute approximate surface area is 157 Å². The van der Waals surface area contributed by atoms with Gasteiger partial charge >= 0.3 is 12.1 Å². The molecule has 1 aromatic carbocycles. The van der Waals surface area contributed by atoms with Gasteiger partial charge in [0.25, 0.3) is 5.91 Å². The Hall–Kier alpha value is -2.91. The van der Waals surface area contributed by atoms with Crippen LogP contribution in [0.25, 0.3) is 0 Å². The van der Waals surface area contributed by atoms with Gasteiger partial charge in [0.2, 0.25) is 11.8 Å². The molecule has 3 rings (SSSR count). The SMILES string of the molecule is O=C(O)[C@@H]1CN(C(=O)c2ccc(CN3C(=O)CCC3=O)cc2)C[C@H]1C(F)(F)F. The second-order valence-corrected chi connectivity index (χ2v) is 6.87. The standard InChI is InChI=1S/C18H17F3N2O5/c19-18(20,21)13-9-22(8-12(13)17(27)28)16(26)11-3-1-10(2-4-11)7-23-14(24)5-6-15(23)25/h1-4,12-13H,5-9H2,(H,27,28)/t12-,13-/m1/s1. The van der Waals surface area contributed by atoms with Crippen molar-refractivity contribution in [3.8, 4) is 0 Å². The average Bonchev–Trinajstić information content (AvgIpc) is 3.21. The molecule has 1 aromatic rings. The number of halogens is 3. The first-order chi connectivity index (χ1) is 13.1. The van der Waals surface area contributed by atoms with Crippen LogP contribution >= 0.6 is 0 Å². The highest BCUT2D eigenvalue weighted by Crippen LogP contribution is 2.38. The number of carboxylic acid groups (broad SMARTS) is 1. The van der Waals surface area contributed by atoms with Gasteiger partial charge in [0.05, 0.1) is 18.4 Å². The van der Waals surface area contributed by atoms with E-state index >= 15 is 0 Å². The number of imide groups is 1. The van der Waals surface area contributed by atoms with Crippen molar-refractivity contribution in [1.82, 2.24) is 9.80 Å². The smallest absolute Gasteiger partial charge is 0.394 e. The van der Waals surface area contributed by atoms with Crippen LogP contribution in [0.5, 0.6) is 0 Å². The summed E-state index contributed by atoms with van der Waals surface area (Å²) >= 11 is 0.